The van der Waals surface area contributed by atoms with Crippen molar-refractivity contribution in [3.8, 4) is 0 Å². The summed E-state index contributed by atoms with van der Waals surface area (Å²) in [5, 5.41) is 13.3. The van der Waals surface area contributed by atoms with Gasteiger partial charge in [-0.3, -0.25) is 9.78 Å². The van der Waals surface area contributed by atoms with E-state index >= 15 is 0 Å². The molecule has 2 rings (SSSR count). The van der Waals surface area contributed by atoms with Gasteiger partial charge in [0.2, 0.25) is 0 Å². The number of pyridine rings is 1. The van der Waals surface area contributed by atoms with Gasteiger partial charge in [0.25, 0.3) is 5.91 Å². The number of hydrogen-bond donors (Lipinski definition) is 2. The van der Waals surface area contributed by atoms with E-state index in [4.69, 9.17) is 0 Å². The quantitative estimate of drug-likeness (QED) is 0.851. The van der Waals surface area contributed by atoms with Crippen molar-refractivity contribution in [1.29, 1.82) is 0 Å². The van der Waals surface area contributed by atoms with Crippen LogP contribution >= 0.6 is 0 Å². The molecule has 0 aliphatic rings. The molecule has 2 aromatic heterocycles. The molecule has 0 atom stereocenters. The highest BCUT2D eigenvalue weighted by Gasteiger charge is 2.11. The lowest BCUT2D eigenvalue weighted by Gasteiger charge is -2.09. The molecule has 0 unspecified atom stereocenters. The average Bonchev–Trinajstić information content (AvgIpc) is 2.41. The summed E-state index contributed by atoms with van der Waals surface area (Å²) in [4.78, 5) is 16.0. The maximum absolute atomic E-state index is 12.1. The molecule has 0 radical (unpaired) electrons. The first-order valence-corrected chi connectivity index (χ1v) is 5.58. The number of carbonyl (C=O) groups is 1. The van der Waals surface area contributed by atoms with Crippen LogP contribution < -0.4 is 10.6 Å². The summed E-state index contributed by atoms with van der Waals surface area (Å²) >= 11 is 0. The van der Waals surface area contributed by atoms with Crippen LogP contribution in [0.5, 0.6) is 0 Å². The molecule has 18 heavy (non-hydrogen) atoms. The maximum Gasteiger partial charge on any atom is 0.259 e. The van der Waals surface area contributed by atoms with Gasteiger partial charge >= 0.3 is 0 Å². The van der Waals surface area contributed by atoms with Crippen LogP contribution in [0, 0.1) is 0 Å². The number of amides is 1. The standard InChI is InChI=1S/C12H13N5O/c1-2-14-10-8-13-7-5-9(10)12(18)16-11-4-3-6-15-17-11/h3-8,14H,2H2,1H3,(H,16,17,18). The van der Waals surface area contributed by atoms with Crippen LogP contribution in [0.15, 0.2) is 36.8 Å². The second-order valence-electron chi connectivity index (χ2n) is 3.51. The fourth-order valence-corrected chi connectivity index (χ4v) is 1.48. The van der Waals surface area contributed by atoms with Crippen LogP contribution in [0.4, 0.5) is 11.5 Å². The molecule has 2 heterocycles. The molecule has 0 bridgehead atoms. The summed E-state index contributed by atoms with van der Waals surface area (Å²) in [6.45, 7) is 2.68. The van der Waals surface area contributed by atoms with E-state index in [9.17, 15) is 4.79 Å². The lowest BCUT2D eigenvalue weighted by atomic mass is 10.2. The second kappa shape index (κ2) is 5.72. The third-order valence-electron chi connectivity index (χ3n) is 2.25. The fourth-order valence-electron chi connectivity index (χ4n) is 1.48. The SMILES string of the molecule is CCNc1cnccc1C(=O)Nc1cccnn1. The monoisotopic (exact) mass is 243 g/mol. The number of nitrogens with zero attached hydrogens (tertiary/aromatic N) is 3. The number of aromatic nitrogens is 3. The minimum atomic E-state index is -0.242. The van der Waals surface area contributed by atoms with Crippen molar-refractivity contribution in [2.75, 3.05) is 17.2 Å². The lowest BCUT2D eigenvalue weighted by molar-refractivity contribution is 0.102. The summed E-state index contributed by atoms with van der Waals surface area (Å²) in [6, 6.07) is 5.04. The van der Waals surface area contributed by atoms with Crippen molar-refractivity contribution in [3.63, 3.8) is 0 Å². The van der Waals surface area contributed by atoms with Gasteiger partial charge in [-0.25, -0.2) is 0 Å². The van der Waals surface area contributed by atoms with Gasteiger partial charge in [0.15, 0.2) is 5.82 Å². The Morgan fingerprint density at radius 1 is 1.33 bits per heavy atom. The van der Waals surface area contributed by atoms with E-state index in [1.807, 2.05) is 6.92 Å². The molecular formula is C12H13N5O. The van der Waals surface area contributed by atoms with Gasteiger partial charge in [-0.2, -0.15) is 5.10 Å². The van der Waals surface area contributed by atoms with Crippen molar-refractivity contribution in [3.05, 3.63) is 42.4 Å². The van der Waals surface area contributed by atoms with E-state index in [1.165, 1.54) is 0 Å². The first kappa shape index (κ1) is 12.0. The smallest absolute Gasteiger partial charge is 0.259 e. The summed E-state index contributed by atoms with van der Waals surface area (Å²) in [6.07, 6.45) is 4.74. The zero-order valence-electron chi connectivity index (χ0n) is 9.92. The molecule has 92 valence electrons. The van der Waals surface area contributed by atoms with Crippen molar-refractivity contribution < 1.29 is 4.79 Å². The van der Waals surface area contributed by atoms with Gasteiger partial charge in [-0.05, 0) is 25.1 Å². The van der Waals surface area contributed by atoms with E-state index in [-0.39, 0.29) is 5.91 Å². The third kappa shape index (κ3) is 2.79. The molecule has 0 saturated carbocycles. The van der Waals surface area contributed by atoms with Crippen LogP contribution in [0.2, 0.25) is 0 Å². The zero-order valence-corrected chi connectivity index (χ0v) is 9.92. The van der Waals surface area contributed by atoms with Crippen LogP contribution in [-0.2, 0) is 0 Å². The van der Waals surface area contributed by atoms with Crippen LogP contribution in [0.25, 0.3) is 0 Å². The predicted octanol–water partition coefficient (Wildman–Crippen LogP) is 1.56. The highest BCUT2D eigenvalue weighted by Crippen LogP contribution is 2.14. The van der Waals surface area contributed by atoms with E-state index < -0.39 is 0 Å². The van der Waals surface area contributed by atoms with Gasteiger partial charge in [0.05, 0.1) is 17.4 Å². The van der Waals surface area contributed by atoms with Crippen molar-refractivity contribution >= 4 is 17.4 Å². The van der Waals surface area contributed by atoms with Crippen molar-refractivity contribution in [1.82, 2.24) is 15.2 Å². The molecule has 0 spiro atoms. The number of carbonyl (C=O) groups excluding carboxylic acids is 1. The Morgan fingerprint density at radius 2 is 2.22 bits per heavy atom. The Hall–Kier alpha value is -2.50. The molecule has 2 aromatic rings. The molecule has 0 aromatic carbocycles. The minimum absolute atomic E-state index is 0.242. The van der Waals surface area contributed by atoms with Crippen LogP contribution in [0.1, 0.15) is 17.3 Å². The van der Waals surface area contributed by atoms with Crippen LogP contribution in [-0.4, -0.2) is 27.6 Å². The fraction of sp³-hybridized carbons (Fsp3) is 0.167. The van der Waals surface area contributed by atoms with E-state index in [1.54, 1.807) is 36.8 Å². The highest BCUT2D eigenvalue weighted by molar-refractivity contribution is 6.07. The maximum atomic E-state index is 12.1. The Kier molecular flexibility index (Phi) is 3.80. The lowest BCUT2D eigenvalue weighted by Crippen LogP contribution is -2.16. The van der Waals surface area contributed by atoms with Crippen molar-refractivity contribution in [2.45, 2.75) is 6.92 Å². The van der Waals surface area contributed by atoms with E-state index in [0.29, 0.717) is 17.1 Å². The summed E-state index contributed by atoms with van der Waals surface area (Å²) in [5.74, 6) is 0.176. The topological polar surface area (TPSA) is 79.8 Å². The molecule has 0 aliphatic heterocycles. The highest BCUT2D eigenvalue weighted by atomic mass is 16.1. The first-order valence-electron chi connectivity index (χ1n) is 5.58. The number of anilines is 2. The third-order valence-corrected chi connectivity index (χ3v) is 2.25. The van der Waals surface area contributed by atoms with E-state index in [0.717, 1.165) is 6.54 Å². The molecule has 1 amide bonds. The number of hydrogen-bond acceptors (Lipinski definition) is 5. The molecule has 6 nitrogen and oxygen atoms in total. The predicted molar refractivity (Wildman–Crippen MR) is 68.4 cm³/mol. The molecule has 6 heteroatoms. The summed E-state index contributed by atoms with van der Waals surface area (Å²) in [7, 11) is 0. The average molecular weight is 243 g/mol. The normalized spacial score (nSPS) is 9.83. The molecular weight excluding hydrogens is 230 g/mol. The minimum Gasteiger partial charge on any atom is -0.383 e. The van der Waals surface area contributed by atoms with Gasteiger partial charge in [0, 0.05) is 18.9 Å². The van der Waals surface area contributed by atoms with Gasteiger partial charge in [0.1, 0.15) is 0 Å². The Labute approximate surface area is 104 Å². The van der Waals surface area contributed by atoms with Gasteiger partial charge < -0.3 is 10.6 Å². The van der Waals surface area contributed by atoms with Crippen molar-refractivity contribution in [2.24, 2.45) is 0 Å². The second-order valence-corrected chi connectivity index (χ2v) is 3.51. The zero-order chi connectivity index (χ0) is 12.8. The largest absolute Gasteiger partial charge is 0.383 e. The number of nitrogens with one attached hydrogen (secondary N) is 2. The van der Waals surface area contributed by atoms with E-state index in [2.05, 4.69) is 25.8 Å². The molecule has 0 saturated heterocycles. The summed E-state index contributed by atoms with van der Waals surface area (Å²) < 4.78 is 0. The van der Waals surface area contributed by atoms with Gasteiger partial charge in [-0.1, -0.05) is 0 Å². The Morgan fingerprint density at radius 3 is 2.94 bits per heavy atom. The first-order chi connectivity index (χ1) is 8.81. The van der Waals surface area contributed by atoms with Crippen LogP contribution in [0.3, 0.4) is 0 Å². The van der Waals surface area contributed by atoms with Gasteiger partial charge in [-0.15, -0.1) is 5.10 Å². The Balaban J connectivity index is 2.19. The molecule has 0 fully saturated rings. The summed E-state index contributed by atoms with van der Waals surface area (Å²) in [5.41, 5.74) is 1.22. The Bertz CT molecular complexity index is 529. The molecule has 0 aliphatic carbocycles. The molecule has 2 N–H and O–H groups in total. The number of rotatable bonds is 4.